The minimum atomic E-state index is 0.0729. The fourth-order valence-corrected chi connectivity index (χ4v) is 4.31. The Morgan fingerprint density at radius 2 is 1.44 bits per heavy atom. The van der Waals surface area contributed by atoms with Crippen molar-refractivity contribution in [1.82, 2.24) is 20.1 Å². The molecule has 4 rings (SSSR count). The van der Waals surface area contributed by atoms with Gasteiger partial charge in [0.1, 0.15) is 5.82 Å². The zero-order valence-electron chi connectivity index (χ0n) is 17.9. The van der Waals surface area contributed by atoms with Crippen LogP contribution in [0.2, 0.25) is 0 Å². The smallest absolute Gasteiger partial charge is 0.220 e. The van der Waals surface area contributed by atoms with Gasteiger partial charge in [0.25, 0.3) is 0 Å². The van der Waals surface area contributed by atoms with Gasteiger partial charge in [0, 0.05) is 30.8 Å². The summed E-state index contributed by atoms with van der Waals surface area (Å²) in [5, 5.41) is 12.8. The van der Waals surface area contributed by atoms with Crippen molar-refractivity contribution in [2.24, 2.45) is 0 Å². The second-order valence-electron chi connectivity index (χ2n) is 7.45. The summed E-state index contributed by atoms with van der Waals surface area (Å²) in [6.07, 6.45) is 1.99. The molecule has 0 spiro atoms. The number of nitrogens with zero attached hydrogens (tertiary/aromatic N) is 3. The predicted octanol–water partition coefficient (Wildman–Crippen LogP) is 5.05. The van der Waals surface area contributed by atoms with E-state index in [1.54, 1.807) is 11.8 Å². The average molecular weight is 443 g/mol. The standard InChI is InChI=1S/C26H26N4OS/c31-25(27-20-22-13-6-2-7-14-22)17-10-18-32-26-29-28-24(19-21-11-4-1-5-12-21)30(26)23-15-8-3-9-16-23/h1-9,11-16H,10,17-20H2,(H,27,31). The summed E-state index contributed by atoms with van der Waals surface area (Å²) < 4.78 is 2.12. The molecule has 0 unspecified atom stereocenters. The Labute approximate surface area is 192 Å². The molecular formula is C26H26N4OS. The van der Waals surface area contributed by atoms with Gasteiger partial charge in [-0.3, -0.25) is 9.36 Å². The molecule has 1 amide bonds. The number of hydrogen-bond acceptors (Lipinski definition) is 4. The molecule has 5 nitrogen and oxygen atoms in total. The maximum atomic E-state index is 12.2. The zero-order valence-corrected chi connectivity index (χ0v) is 18.7. The SMILES string of the molecule is O=C(CCCSc1nnc(Cc2ccccc2)n1-c1ccccc1)NCc1ccccc1. The second kappa shape index (κ2) is 11.3. The molecule has 1 aromatic heterocycles. The van der Waals surface area contributed by atoms with E-state index in [1.165, 1.54) is 5.56 Å². The molecule has 3 aromatic carbocycles. The number of rotatable bonds is 10. The van der Waals surface area contributed by atoms with Crippen molar-refractivity contribution >= 4 is 17.7 Å². The van der Waals surface area contributed by atoms with Crippen LogP contribution in [0.3, 0.4) is 0 Å². The molecule has 0 aliphatic carbocycles. The van der Waals surface area contributed by atoms with Crippen molar-refractivity contribution in [2.45, 2.75) is 31.0 Å². The summed E-state index contributed by atoms with van der Waals surface area (Å²) in [4.78, 5) is 12.2. The van der Waals surface area contributed by atoms with E-state index in [9.17, 15) is 4.79 Å². The predicted molar refractivity (Wildman–Crippen MR) is 129 cm³/mol. The lowest BCUT2D eigenvalue weighted by Gasteiger charge is -2.10. The largest absolute Gasteiger partial charge is 0.352 e. The van der Waals surface area contributed by atoms with Gasteiger partial charge < -0.3 is 5.32 Å². The minimum absolute atomic E-state index is 0.0729. The first-order chi connectivity index (χ1) is 15.8. The molecule has 0 aliphatic heterocycles. The summed E-state index contributed by atoms with van der Waals surface area (Å²) in [6, 6.07) is 30.4. The van der Waals surface area contributed by atoms with Crippen LogP contribution < -0.4 is 5.32 Å². The molecule has 0 bridgehead atoms. The highest BCUT2D eigenvalue weighted by atomic mass is 32.2. The number of para-hydroxylation sites is 1. The first-order valence-electron chi connectivity index (χ1n) is 10.8. The van der Waals surface area contributed by atoms with Gasteiger partial charge in [-0.05, 0) is 29.7 Å². The van der Waals surface area contributed by atoms with Gasteiger partial charge in [-0.2, -0.15) is 0 Å². The van der Waals surface area contributed by atoms with Crippen LogP contribution in [0.5, 0.6) is 0 Å². The number of thioether (sulfide) groups is 1. The molecule has 32 heavy (non-hydrogen) atoms. The molecule has 162 valence electrons. The van der Waals surface area contributed by atoms with Gasteiger partial charge in [-0.25, -0.2) is 0 Å². The van der Waals surface area contributed by atoms with Crippen LogP contribution in [0, 0.1) is 0 Å². The molecule has 4 aromatic rings. The lowest BCUT2D eigenvalue weighted by molar-refractivity contribution is -0.121. The number of nitrogens with one attached hydrogen (secondary N) is 1. The molecule has 0 saturated carbocycles. The Morgan fingerprint density at radius 1 is 0.812 bits per heavy atom. The number of carbonyl (C=O) groups excluding carboxylic acids is 1. The third-order valence-corrected chi connectivity index (χ3v) is 6.05. The molecule has 6 heteroatoms. The molecule has 0 saturated heterocycles. The molecular weight excluding hydrogens is 416 g/mol. The summed E-state index contributed by atoms with van der Waals surface area (Å²) in [7, 11) is 0. The van der Waals surface area contributed by atoms with E-state index < -0.39 is 0 Å². The number of amides is 1. The monoisotopic (exact) mass is 442 g/mol. The summed E-state index contributed by atoms with van der Waals surface area (Å²) >= 11 is 1.64. The molecule has 1 heterocycles. The normalized spacial score (nSPS) is 10.8. The first-order valence-corrected chi connectivity index (χ1v) is 11.8. The van der Waals surface area contributed by atoms with Crippen LogP contribution in [0.4, 0.5) is 0 Å². The third-order valence-electron chi connectivity index (χ3n) is 5.03. The summed E-state index contributed by atoms with van der Waals surface area (Å²) in [5.41, 5.74) is 3.35. The van der Waals surface area contributed by atoms with Gasteiger partial charge in [0.05, 0.1) is 0 Å². The van der Waals surface area contributed by atoms with Crippen molar-refractivity contribution < 1.29 is 4.79 Å². The average Bonchev–Trinajstić information content (AvgIpc) is 3.24. The minimum Gasteiger partial charge on any atom is -0.352 e. The molecule has 0 fully saturated rings. The van der Waals surface area contributed by atoms with Crippen LogP contribution in [0.15, 0.2) is 96.2 Å². The highest BCUT2D eigenvalue weighted by Gasteiger charge is 2.15. The van der Waals surface area contributed by atoms with E-state index >= 15 is 0 Å². The fraction of sp³-hybridized carbons (Fsp3) is 0.192. The zero-order chi connectivity index (χ0) is 22.0. The van der Waals surface area contributed by atoms with Gasteiger partial charge in [0.15, 0.2) is 5.16 Å². The van der Waals surface area contributed by atoms with Crippen LogP contribution >= 0.6 is 11.8 Å². The Balaban J connectivity index is 1.35. The highest BCUT2D eigenvalue weighted by molar-refractivity contribution is 7.99. The number of carbonyl (C=O) groups is 1. The maximum Gasteiger partial charge on any atom is 0.220 e. The number of aromatic nitrogens is 3. The van der Waals surface area contributed by atoms with E-state index in [0.29, 0.717) is 19.4 Å². The lowest BCUT2D eigenvalue weighted by Crippen LogP contribution is -2.22. The van der Waals surface area contributed by atoms with Crippen LogP contribution in [0.1, 0.15) is 29.8 Å². The topological polar surface area (TPSA) is 59.8 Å². The van der Waals surface area contributed by atoms with Crippen LogP contribution in [-0.2, 0) is 17.8 Å². The van der Waals surface area contributed by atoms with Crippen molar-refractivity contribution in [3.05, 3.63) is 108 Å². The molecule has 0 aliphatic rings. The number of benzene rings is 3. The van der Waals surface area contributed by atoms with E-state index in [2.05, 4.69) is 44.3 Å². The van der Waals surface area contributed by atoms with E-state index in [0.717, 1.165) is 34.4 Å². The third kappa shape index (κ3) is 6.08. The van der Waals surface area contributed by atoms with Crippen LogP contribution in [0.25, 0.3) is 5.69 Å². The Morgan fingerprint density at radius 3 is 2.12 bits per heavy atom. The van der Waals surface area contributed by atoms with Crippen molar-refractivity contribution in [3.8, 4) is 5.69 Å². The maximum absolute atomic E-state index is 12.2. The Kier molecular flexibility index (Phi) is 7.71. The van der Waals surface area contributed by atoms with E-state index in [1.807, 2.05) is 66.7 Å². The first kappa shape index (κ1) is 21.8. The molecule has 0 atom stereocenters. The number of hydrogen-bond donors (Lipinski definition) is 1. The van der Waals surface area contributed by atoms with Crippen molar-refractivity contribution in [2.75, 3.05) is 5.75 Å². The van der Waals surface area contributed by atoms with E-state index in [4.69, 9.17) is 0 Å². The van der Waals surface area contributed by atoms with E-state index in [-0.39, 0.29) is 5.91 Å². The lowest BCUT2D eigenvalue weighted by atomic mass is 10.1. The summed E-state index contributed by atoms with van der Waals surface area (Å²) in [5.74, 6) is 1.78. The molecule has 0 radical (unpaired) electrons. The van der Waals surface area contributed by atoms with Crippen molar-refractivity contribution in [3.63, 3.8) is 0 Å². The Bertz CT molecular complexity index is 1110. The quantitative estimate of drug-likeness (QED) is 0.276. The molecule has 1 N–H and O–H groups in total. The van der Waals surface area contributed by atoms with Gasteiger partial charge >= 0.3 is 0 Å². The highest BCUT2D eigenvalue weighted by Crippen LogP contribution is 2.24. The van der Waals surface area contributed by atoms with Gasteiger partial charge in [0.2, 0.25) is 5.91 Å². The Hall–Kier alpha value is -3.38. The summed E-state index contributed by atoms with van der Waals surface area (Å²) in [6.45, 7) is 0.567. The fourth-order valence-electron chi connectivity index (χ4n) is 3.40. The van der Waals surface area contributed by atoms with Crippen molar-refractivity contribution in [1.29, 1.82) is 0 Å². The second-order valence-corrected chi connectivity index (χ2v) is 8.51. The van der Waals surface area contributed by atoms with Gasteiger partial charge in [-0.15, -0.1) is 10.2 Å². The van der Waals surface area contributed by atoms with Crippen LogP contribution in [-0.4, -0.2) is 26.4 Å². The van der Waals surface area contributed by atoms with Gasteiger partial charge in [-0.1, -0.05) is 90.6 Å².